The van der Waals surface area contributed by atoms with Gasteiger partial charge in [0.2, 0.25) is 10.0 Å². The van der Waals surface area contributed by atoms with Crippen molar-refractivity contribution in [2.24, 2.45) is 5.92 Å². The molecule has 5 nitrogen and oxygen atoms in total. The predicted octanol–water partition coefficient (Wildman–Crippen LogP) is 3.01. The summed E-state index contributed by atoms with van der Waals surface area (Å²) in [5, 5.41) is 8.79. The first-order valence-electron chi connectivity index (χ1n) is 7.19. The van der Waals surface area contributed by atoms with E-state index in [0.717, 1.165) is 16.2 Å². The van der Waals surface area contributed by atoms with Gasteiger partial charge in [0, 0.05) is 9.80 Å². The van der Waals surface area contributed by atoms with Crippen LogP contribution in [-0.2, 0) is 14.8 Å². The molecule has 0 bridgehead atoms. The fourth-order valence-electron chi connectivity index (χ4n) is 1.96. The normalized spacial score (nSPS) is 19.2. The number of rotatable bonds is 6. The molecule has 124 valence electrons. The van der Waals surface area contributed by atoms with E-state index in [-0.39, 0.29) is 4.90 Å². The SMILES string of the molecule is CC1C=CC(Sc2ccc(S(=O)(=O)N[C@H](C)C(=O)O)cc2)=CC1. The summed E-state index contributed by atoms with van der Waals surface area (Å²) in [5.74, 6) is -0.667. The van der Waals surface area contributed by atoms with Gasteiger partial charge in [-0.2, -0.15) is 4.72 Å². The average Bonchev–Trinajstić information content (AvgIpc) is 2.49. The summed E-state index contributed by atoms with van der Waals surface area (Å²) in [6, 6.07) is 5.23. The summed E-state index contributed by atoms with van der Waals surface area (Å²) in [6.45, 7) is 3.44. The first kappa shape index (κ1) is 17.8. The van der Waals surface area contributed by atoms with Crippen LogP contribution in [0.25, 0.3) is 0 Å². The molecule has 1 unspecified atom stereocenters. The molecule has 1 aromatic rings. The number of hydrogen-bond donors (Lipinski definition) is 2. The molecule has 2 atom stereocenters. The summed E-state index contributed by atoms with van der Waals surface area (Å²) in [4.78, 5) is 12.9. The molecule has 2 N–H and O–H groups in total. The van der Waals surface area contributed by atoms with Crippen molar-refractivity contribution in [1.29, 1.82) is 0 Å². The van der Waals surface area contributed by atoms with E-state index in [9.17, 15) is 13.2 Å². The van der Waals surface area contributed by atoms with Crippen LogP contribution in [0, 0.1) is 5.92 Å². The minimum Gasteiger partial charge on any atom is -0.480 e. The van der Waals surface area contributed by atoms with Gasteiger partial charge in [0.25, 0.3) is 0 Å². The van der Waals surface area contributed by atoms with Crippen molar-refractivity contribution in [2.75, 3.05) is 0 Å². The van der Waals surface area contributed by atoms with E-state index >= 15 is 0 Å². The maximum Gasteiger partial charge on any atom is 0.321 e. The van der Waals surface area contributed by atoms with E-state index in [2.05, 4.69) is 29.9 Å². The van der Waals surface area contributed by atoms with Gasteiger partial charge in [-0.15, -0.1) is 0 Å². The van der Waals surface area contributed by atoms with Crippen molar-refractivity contribution in [2.45, 2.75) is 36.1 Å². The molecule has 0 amide bonds. The molecule has 0 radical (unpaired) electrons. The van der Waals surface area contributed by atoms with Crippen LogP contribution in [0.1, 0.15) is 20.3 Å². The van der Waals surface area contributed by atoms with E-state index in [1.54, 1.807) is 23.9 Å². The number of carboxylic acid groups (broad SMARTS) is 1. The Hall–Kier alpha value is -1.57. The van der Waals surface area contributed by atoms with Gasteiger partial charge in [0.15, 0.2) is 0 Å². The highest BCUT2D eigenvalue weighted by atomic mass is 32.2. The van der Waals surface area contributed by atoms with E-state index in [1.165, 1.54) is 19.1 Å². The van der Waals surface area contributed by atoms with Crippen molar-refractivity contribution in [3.63, 3.8) is 0 Å². The molecule has 0 saturated heterocycles. The Morgan fingerprint density at radius 2 is 2.00 bits per heavy atom. The molecule has 0 fully saturated rings. The Bertz CT molecular complexity index is 736. The van der Waals surface area contributed by atoms with E-state index < -0.39 is 22.0 Å². The molecular weight excluding hydrogens is 334 g/mol. The van der Waals surface area contributed by atoms with Gasteiger partial charge in [-0.1, -0.05) is 36.9 Å². The lowest BCUT2D eigenvalue weighted by atomic mass is 10.0. The number of carbonyl (C=O) groups is 1. The van der Waals surface area contributed by atoms with Crippen molar-refractivity contribution >= 4 is 27.8 Å². The molecule has 1 aliphatic rings. The Morgan fingerprint density at radius 1 is 1.35 bits per heavy atom. The summed E-state index contributed by atoms with van der Waals surface area (Å²) >= 11 is 1.57. The van der Waals surface area contributed by atoms with Crippen LogP contribution in [-0.4, -0.2) is 25.5 Å². The summed E-state index contributed by atoms with van der Waals surface area (Å²) < 4.78 is 26.3. The first-order chi connectivity index (χ1) is 10.8. The van der Waals surface area contributed by atoms with Crippen molar-refractivity contribution in [3.05, 3.63) is 47.4 Å². The molecular formula is C16H19NO4S2. The monoisotopic (exact) mass is 353 g/mol. The zero-order chi connectivity index (χ0) is 17.0. The molecule has 23 heavy (non-hydrogen) atoms. The third-order valence-electron chi connectivity index (χ3n) is 3.35. The van der Waals surface area contributed by atoms with Gasteiger partial charge < -0.3 is 5.11 Å². The second-order valence-corrected chi connectivity index (χ2v) is 8.29. The highest BCUT2D eigenvalue weighted by molar-refractivity contribution is 8.03. The smallest absolute Gasteiger partial charge is 0.321 e. The lowest BCUT2D eigenvalue weighted by Gasteiger charge is -2.12. The third-order valence-corrected chi connectivity index (χ3v) is 5.95. The molecule has 7 heteroatoms. The maximum atomic E-state index is 12.1. The summed E-state index contributed by atoms with van der Waals surface area (Å²) in [5.41, 5.74) is 0. The van der Waals surface area contributed by atoms with Crippen molar-refractivity contribution in [1.82, 2.24) is 4.72 Å². The van der Waals surface area contributed by atoms with Gasteiger partial charge in [0.1, 0.15) is 6.04 Å². The van der Waals surface area contributed by atoms with Crippen LogP contribution in [0.3, 0.4) is 0 Å². The number of carboxylic acids is 1. The largest absolute Gasteiger partial charge is 0.480 e. The van der Waals surface area contributed by atoms with Crippen molar-refractivity contribution < 1.29 is 18.3 Å². The van der Waals surface area contributed by atoms with Crippen LogP contribution in [0.5, 0.6) is 0 Å². The molecule has 0 heterocycles. The average molecular weight is 353 g/mol. The highest BCUT2D eigenvalue weighted by Crippen LogP contribution is 2.31. The Labute approximate surface area is 140 Å². The molecule has 0 saturated carbocycles. The van der Waals surface area contributed by atoms with Gasteiger partial charge in [-0.3, -0.25) is 4.79 Å². The molecule has 0 aromatic heterocycles. The van der Waals surface area contributed by atoms with Gasteiger partial charge >= 0.3 is 5.97 Å². The second-order valence-electron chi connectivity index (χ2n) is 5.43. The number of allylic oxidation sites excluding steroid dienone is 3. The van der Waals surface area contributed by atoms with E-state index in [0.29, 0.717) is 5.92 Å². The lowest BCUT2D eigenvalue weighted by Crippen LogP contribution is -2.38. The molecule has 0 spiro atoms. The topological polar surface area (TPSA) is 83.5 Å². The zero-order valence-electron chi connectivity index (χ0n) is 12.9. The maximum absolute atomic E-state index is 12.1. The van der Waals surface area contributed by atoms with Gasteiger partial charge in [-0.25, -0.2) is 8.42 Å². The highest BCUT2D eigenvalue weighted by Gasteiger charge is 2.21. The van der Waals surface area contributed by atoms with Crippen LogP contribution >= 0.6 is 11.8 Å². The molecule has 2 rings (SSSR count). The van der Waals surface area contributed by atoms with Crippen LogP contribution in [0.2, 0.25) is 0 Å². The van der Waals surface area contributed by atoms with E-state index in [4.69, 9.17) is 5.11 Å². The summed E-state index contributed by atoms with van der Waals surface area (Å²) in [7, 11) is -3.83. The third kappa shape index (κ3) is 4.95. The number of aliphatic carboxylic acids is 1. The first-order valence-corrected chi connectivity index (χ1v) is 9.49. The Morgan fingerprint density at radius 3 is 2.52 bits per heavy atom. The fraction of sp³-hybridized carbons (Fsp3) is 0.312. The second kappa shape index (κ2) is 7.33. The molecule has 0 aliphatic heterocycles. The quantitative estimate of drug-likeness (QED) is 0.821. The van der Waals surface area contributed by atoms with Gasteiger partial charge in [-0.05, 0) is 43.5 Å². The molecule has 1 aliphatic carbocycles. The Balaban J connectivity index is 2.07. The van der Waals surface area contributed by atoms with Gasteiger partial charge in [0.05, 0.1) is 4.90 Å². The van der Waals surface area contributed by atoms with E-state index in [1.807, 2.05) is 0 Å². The Kier molecular flexibility index (Phi) is 5.67. The summed E-state index contributed by atoms with van der Waals surface area (Å²) in [6.07, 6.45) is 7.39. The lowest BCUT2D eigenvalue weighted by molar-refractivity contribution is -0.138. The standard InChI is InChI=1S/C16H19NO4S2/c1-11-3-5-13(6-4-11)22-14-7-9-15(10-8-14)23(20,21)17-12(2)16(18)19/h3,5-12,17H,4H2,1-2H3,(H,18,19)/t11?,12-/m1/s1. The number of hydrogen-bond acceptors (Lipinski definition) is 4. The predicted molar refractivity (Wildman–Crippen MR) is 90.7 cm³/mol. The van der Waals surface area contributed by atoms with Crippen molar-refractivity contribution in [3.8, 4) is 0 Å². The molecule has 1 aromatic carbocycles. The zero-order valence-corrected chi connectivity index (χ0v) is 14.5. The van der Waals surface area contributed by atoms with Crippen LogP contribution in [0.15, 0.2) is 57.2 Å². The number of benzene rings is 1. The number of nitrogens with one attached hydrogen (secondary N) is 1. The fourth-order valence-corrected chi connectivity index (χ4v) is 4.02. The van der Waals surface area contributed by atoms with Crippen LogP contribution < -0.4 is 4.72 Å². The van der Waals surface area contributed by atoms with Crippen LogP contribution in [0.4, 0.5) is 0 Å². The number of sulfonamides is 1. The minimum absolute atomic E-state index is 0.0525. The number of thioether (sulfide) groups is 1. The minimum atomic E-state index is -3.83.